The van der Waals surface area contributed by atoms with E-state index < -0.39 is 39.9 Å². The highest BCUT2D eigenvalue weighted by molar-refractivity contribution is 7.86. The maximum atomic E-state index is 14.6. The Morgan fingerprint density at radius 1 is 1.50 bits per heavy atom. The van der Waals surface area contributed by atoms with Crippen molar-refractivity contribution in [2.45, 2.75) is 31.7 Å². The summed E-state index contributed by atoms with van der Waals surface area (Å²) in [6.45, 7) is 1.28. The lowest BCUT2D eigenvalue weighted by molar-refractivity contribution is -0.0404. The molecule has 4 atom stereocenters. The van der Waals surface area contributed by atoms with Gasteiger partial charge in [-0.3, -0.25) is 14.3 Å². The van der Waals surface area contributed by atoms with Crippen molar-refractivity contribution in [2.75, 3.05) is 26.8 Å². The number of aromatic nitrogens is 2. The number of terminal acetylenes is 2. The van der Waals surface area contributed by atoms with E-state index in [9.17, 15) is 17.7 Å². The van der Waals surface area contributed by atoms with Gasteiger partial charge >= 0.3 is 5.69 Å². The number of nitrogens with one attached hydrogen (secondary N) is 1. The molecule has 1 unspecified atom stereocenters. The summed E-state index contributed by atoms with van der Waals surface area (Å²) in [4.78, 5) is 25.8. The lowest BCUT2D eigenvalue weighted by Gasteiger charge is -2.17. The molecule has 1 saturated heterocycles. The minimum absolute atomic E-state index is 0.00302. The van der Waals surface area contributed by atoms with Crippen LogP contribution in [-0.4, -0.2) is 57.0 Å². The van der Waals surface area contributed by atoms with Crippen LogP contribution in [0.25, 0.3) is 0 Å². The third-order valence-electron chi connectivity index (χ3n) is 4.09. The van der Waals surface area contributed by atoms with Crippen molar-refractivity contribution in [2.24, 2.45) is 4.36 Å². The SMILES string of the molecule is C#CCOC[C@H]1O[C@@H](n2cc(C)c(=O)[nH]c2=O)C[C@@H]1N=S(=O)(F)N(C)CC#C. The van der Waals surface area contributed by atoms with Crippen LogP contribution in [0.2, 0.25) is 0 Å². The van der Waals surface area contributed by atoms with E-state index in [0.717, 1.165) is 4.31 Å². The van der Waals surface area contributed by atoms with Crippen molar-refractivity contribution in [3.05, 3.63) is 32.6 Å². The summed E-state index contributed by atoms with van der Waals surface area (Å²) in [7, 11) is -3.01. The molecule has 1 aliphatic rings. The normalized spacial score (nSPS) is 23.7. The topological polar surface area (TPSA) is 106 Å². The largest absolute Gasteiger partial charge is 0.366 e. The van der Waals surface area contributed by atoms with Gasteiger partial charge in [-0.05, 0) is 6.92 Å². The Kier molecular flexibility index (Phi) is 7.16. The minimum atomic E-state index is -4.26. The summed E-state index contributed by atoms with van der Waals surface area (Å²) in [5, 5.41) is 0. The van der Waals surface area contributed by atoms with Crippen LogP contribution < -0.4 is 11.2 Å². The van der Waals surface area contributed by atoms with E-state index in [-0.39, 0.29) is 26.2 Å². The number of H-pyrrole nitrogens is 1. The second kappa shape index (κ2) is 9.17. The van der Waals surface area contributed by atoms with Crippen LogP contribution in [0.1, 0.15) is 18.2 Å². The van der Waals surface area contributed by atoms with Gasteiger partial charge in [0, 0.05) is 25.2 Å². The highest BCUT2D eigenvalue weighted by atomic mass is 32.3. The molecule has 1 fully saturated rings. The molecule has 1 aliphatic heterocycles. The molecule has 0 bridgehead atoms. The van der Waals surface area contributed by atoms with E-state index in [0.29, 0.717) is 5.56 Å². The molecule has 11 heteroatoms. The lowest BCUT2D eigenvalue weighted by atomic mass is 10.1. The monoisotopic (exact) mass is 412 g/mol. The van der Waals surface area contributed by atoms with Gasteiger partial charge in [-0.2, -0.15) is 12.9 Å². The van der Waals surface area contributed by atoms with Crippen LogP contribution in [0, 0.1) is 31.6 Å². The molecule has 2 heterocycles. The van der Waals surface area contributed by atoms with Crippen molar-refractivity contribution in [3.63, 3.8) is 0 Å². The van der Waals surface area contributed by atoms with E-state index in [1.165, 1.54) is 24.7 Å². The molecule has 1 aromatic rings. The number of aromatic amines is 1. The van der Waals surface area contributed by atoms with Crippen LogP contribution in [0.5, 0.6) is 0 Å². The minimum Gasteiger partial charge on any atom is -0.366 e. The molecule has 152 valence electrons. The lowest BCUT2D eigenvalue weighted by Crippen LogP contribution is -2.33. The Labute approximate surface area is 162 Å². The molecule has 1 aromatic heterocycles. The average Bonchev–Trinajstić information content (AvgIpc) is 3.00. The predicted molar refractivity (Wildman–Crippen MR) is 101 cm³/mol. The van der Waals surface area contributed by atoms with Gasteiger partial charge in [-0.25, -0.2) is 4.79 Å². The van der Waals surface area contributed by atoms with Crippen molar-refractivity contribution in [1.29, 1.82) is 0 Å². The number of nitrogens with zero attached hydrogens (tertiary/aromatic N) is 3. The Bertz CT molecular complexity index is 1030. The summed E-state index contributed by atoms with van der Waals surface area (Å²) in [5.41, 5.74) is -0.904. The first kappa shape index (κ1) is 21.9. The molecule has 0 aromatic carbocycles. The summed E-state index contributed by atoms with van der Waals surface area (Å²) >= 11 is 0. The van der Waals surface area contributed by atoms with Gasteiger partial charge in [0.15, 0.2) is 0 Å². The quantitative estimate of drug-likeness (QED) is 0.385. The Balaban J connectivity index is 2.35. The molecule has 9 nitrogen and oxygen atoms in total. The van der Waals surface area contributed by atoms with Crippen molar-refractivity contribution >= 4 is 10.3 Å². The fourth-order valence-corrected chi connectivity index (χ4v) is 3.59. The molecule has 0 amide bonds. The Hall–Kier alpha value is -2.44. The molecule has 0 spiro atoms. The molecular formula is C17H21FN4O5S. The molecule has 2 rings (SSSR count). The van der Waals surface area contributed by atoms with E-state index in [2.05, 4.69) is 21.2 Å². The second-order valence-corrected chi connectivity index (χ2v) is 7.86. The van der Waals surface area contributed by atoms with E-state index in [4.69, 9.17) is 22.3 Å². The molecular weight excluding hydrogens is 391 g/mol. The van der Waals surface area contributed by atoms with Crippen LogP contribution in [0.3, 0.4) is 0 Å². The zero-order valence-corrected chi connectivity index (χ0v) is 16.3. The smallest absolute Gasteiger partial charge is 0.330 e. The zero-order valence-electron chi connectivity index (χ0n) is 15.5. The second-order valence-electron chi connectivity index (χ2n) is 6.16. The van der Waals surface area contributed by atoms with Crippen molar-refractivity contribution in [1.82, 2.24) is 13.9 Å². The molecule has 0 radical (unpaired) electrons. The summed E-state index contributed by atoms with van der Waals surface area (Å²) < 4.78 is 43.6. The number of halogens is 1. The number of hydrogen-bond acceptors (Lipinski definition) is 6. The summed E-state index contributed by atoms with van der Waals surface area (Å²) in [6, 6.07) is -0.889. The van der Waals surface area contributed by atoms with Gasteiger partial charge in [-0.15, -0.1) is 16.7 Å². The maximum Gasteiger partial charge on any atom is 0.330 e. The van der Waals surface area contributed by atoms with Gasteiger partial charge in [-0.1, -0.05) is 11.8 Å². The number of ether oxygens (including phenoxy) is 2. The van der Waals surface area contributed by atoms with Gasteiger partial charge in [0.2, 0.25) is 0 Å². The highest BCUT2D eigenvalue weighted by Gasteiger charge is 2.38. The van der Waals surface area contributed by atoms with Crippen LogP contribution in [0.4, 0.5) is 3.89 Å². The van der Waals surface area contributed by atoms with Gasteiger partial charge in [0.1, 0.15) is 18.9 Å². The van der Waals surface area contributed by atoms with E-state index in [1.54, 1.807) is 0 Å². The average molecular weight is 412 g/mol. The predicted octanol–water partition coefficient (Wildman–Crippen LogP) is -0.0166. The van der Waals surface area contributed by atoms with Crippen LogP contribution in [-0.2, 0) is 19.8 Å². The molecule has 0 saturated carbocycles. The zero-order chi connectivity index (χ0) is 20.9. The Morgan fingerprint density at radius 3 is 2.86 bits per heavy atom. The third kappa shape index (κ3) is 5.09. The first-order chi connectivity index (χ1) is 13.2. The summed E-state index contributed by atoms with van der Waals surface area (Å²) in [5.74, 6) is 4.49. The van der Waals surface area contributed by atoms with Crippen molar-refractivity contribution < 1.29 is 17.6 Å². The number of hydrogen-bond donors (Lipinski definition) is 1. The molecule has 1 N–H and O–H groups in total. The van der Waals surface area contributed by atoms with Crippen LogP contribution in [0.15, 0.2) is 20.1 Å². The first-order valence-corrected chi connectivity index (χ1v) is 9.66. The third-order valence-corrected chi connectivity index (χ3v) is 5.52. The highest BCUT2D eigenvalue weighted by Crippen LogP contribution is 2.31. The first-order valence-electron chi connectivity index (χ1n) is 8.29. The Morgan fingerprint density at radius 2 is 2.21 bits per heavy atom. The molecule has 0 aliphatic carbocycles. The van der Waals surface area contributed by atoms with Gasteiger partial charge in [0.05, 0.1) is 19.2 Å². The fraction of sp³-hybridized carbons (Fsp3) is 0.529. The fourth-order valence-electron chi connectivity index (χ4n) is 2.64. The standard InChI is InChI=1S/C17H21FN4O5S/c1-5-7-21(4)28(18,25)20-13-9-15(27-14(13)11-26-8-6-2)22-10-12(3)16(23)19-17(22)24/h1-2,10,13-15H,7-9,11H2,3-4H3,(H,19,23,24)/t13-,14+,15+,28?/m0/s1. The number of rotatable bonds is 7. The van der Waals surface area contributed by atoms with Gasteiger partial charge in [0.25, 0.3) is 15.9 Å². The van der Waals surface area contributed by atoms with E-state index in [1.807, 2.05) is 0 Å². The maximum absolute atomic E-state index is 14.6. The van der Waals surface area contributed by atoms with Crippen LogP contribution >= 0.6 is 0 Å². The van der Waals surface area contributed by atoms with E-state index >= 15 is 0 Å². The number of aryl methyl sites for hydroxylation is 1. The van der Waals surface area contributed by atoms with Gasteiger partial charge < -0.3 is 9.47 Å². The van der Waals surface area contributed by atoms with Crippen molar-refractivity contribution in [3.8, 4) is 24.7 Å². The summed E-state index contributed by atoms with van der Waals surface area (Å²) in [6.07, 6.45) is 9.99. The molecule has 28 heavy (non-hydrogen) atoms.